The van der Waals surface area contributed by atoms with E-state index in [9.17, 15) is 27.9 Å². The normalized spacial score (nSPS) is 13.1. The summed E-state index contributed by atoms with van der Waals surface area (Å²) in [6, 6.07) is 1.61. The molecule has 2 N–H and O–H groups in total. The van der Waals surface area contributed by atoms with Gasteiger partial charge in [-0.2, -0.15) is 13.2 Å². The van der Waals surface area contributed by atoms with Crippen LogP contribution in [-0.4, -0.2) is 35.9 Å². The minimum absolute atomic E-state index is 0.0111. The van der Waals surface area contributed by atoms with Gasteiger partial charge in [0.1, 0.15) is 17.4 Å². The fourth-order valence-corrected chi connectivity index (χ4v) is 1.99. The number of carbonyl (C=O) groups excluding carboxylic acids is 1. The number of carboxylic acids is 1. The lowest BCUT2D eigenvalue weighted by Gasteiger charge is -2.22. The van der Waals surface area contributed by atoms with Crippen molar-refractivity contribution in [1.29, 1.82) is 0 Å². The number of hydrogen-bond acceptors (Lipinski definition) is 4. The minimum atomic E-state index is -4.70. The van der Waals surface area contributed by atoms with Crippen molar-refractivity contribution in [1.82, 2.24) is 5.32 Å². The predicted molar refractivity (Wildman–Crippen MR) is 82.5 cm³/mol. The summed E-state index contributed by atoms with van der Waals surface area (Å²) in [5.74, 6) is -1.49. The number of carbonyl (C=O) groups is 2. The van der Waals surface area contributed by atoms with Gasteiger partial charge in [-0.1, -0.05) is 6.07 Å². The van der Waals surface area contributed by atoms with Crippen molar-refractivity contribution >= 4 is 12.1 Å². The molecule has 9 heteroatoms. The first-order valence-electron chi connectivity index (χ1n) is 7.30. The molecule has 25 heavy (non-hydrogen) atoms. The molecule has 0 aliphatic rings. The van der Waals surface area contributed by atoms with Crippen LogP contribution < -0.4 is 10.1 Å². The third-order valence-electron chi connectivity index (χ3n) is 3.04. The van der Waals surface area contributed by atoms with Gasteiger partial charge in [0.15, 0.2) is 0 Å². The number of rotatable bonds is 5. The molecule has 1 rings (SSSR count). The van der Waals surface area contributed by atoms with Crippen molar-refractivity contribution in [3.05, 3.63) is 29.3 Å². The van der Waals surface area contributed by atoms with Crippen molar-refractivity contribution in [3.8, 4) is 5.75 Å². The lowest BCUT2D eigenvalue weighted by atomic mass is 9.99. The molecule has 0 aromatic heterocycles. The molecule has 1 aromatic rings. The number of ether oxygens (including phenoxy) is 2. The summed E-state index contributed by atoms with van der Waals surface area (Å²) in [5.41, 5.74) is -2.18. The van der Waals surface area contributed by atoms with Gasteiger partial charge in [0.25, 0.3) is 0 Å². The van der Waals surface area contributed by atoms with Crippen molar-refractivity contribution in [3.63, 3.8) is 0 Å². The predicted octanol–water partition coefficient (Wildman–Crippen LogP) is 3.23. The number of alkyl carbamates (subject to hydrolysis) is 1. The summed E-state index contributed by atoms with van der Waals surface area (Å²) >= 11 is 0. The number of carboxylic acid groups (broad SMARTS) is 1. The largest absolute Gasteiger partial charge is 0.497 e. The first-order chi connectivity index (χ1) is 11.3. The summed E-state index contributed by atoms with van der Waals surface area (Å²) in [4.78, 5) is 23.0. The maximum absolute atomic E-state index is 13.2. The molecule has 0 saturated heterocycles. The molecule has 1 amide bonds. The highest BCUT2D eigenvalue weighted by Crippen LogP contribution is 2.35. The Morgan fingerprint density at radius 3 is 2.28 bits per heavy atom. The van der Waals surface area contributed by atoms with Gasteiger partial charge in [-0.15, -0.1) is 0 Å². The molecule has 0 aliphatic carbocycles. The van der Waals surface area contributed by atoms with E-state index >= 15 is 0 Å². The standard InChI is InChI=1S/C16H20F3NO5/c1-15(2,3)25-14(23)20-12(13(21)22)7-9-5-6-10(24-4)8-11(9)16(17,18)19/h5-6,8,12H,7H2,1-4H3,(H,20,23)(H,21,22). The van der Waals surface area contributed by atoms with Crippen LogP contribution in [0.4, 0.5) is 18.0 Å². The van der Waals surface area contributed by atoms with Gasteiger partial charge in [-0.05, 0) is 38.5 Å². The maximum atomic E-state index is 13.2. The van der Waals surface area contributed by atoms with Gasteiger partial charge >= 0.3 is 18.2 Å². The van der Waals surface area contributed by atoms with Crippen molar-refractivity contribution < 1.29 is 37.3 Å². The number of nitrogens with one attached hydrogen (secondary N) is 1. The number of methoxy groups -OCH3 is 1. The fourth-order valence-electron chi connectivity index (χ4n) is 1.99. The molecule has 0 aliphatic heterocycles. The SMILES string of the molecule is COc1ccc(CC(NC(=O)OC(C)(C)C)C(=O)O)c(C(F)(F)F)c1. The zero-order chi connectivity index (χ0) is 19.4. The summed E-state index contributed by atoms with van der Waals surface area (Å²) < 4.78 is 49.3. The number of halogens is 3. The van der Waals surface area contributed by atoms with Crippen LogP contribution in [0, 0.1) is 0 Å². The topological polar surface area (TPSA) is 84.9 Å². The Hall–Kier alpha value is -2.45. The van der Waals surface area contributed by atoms with Gasteiger partial charge in [-0.25, -0.2) is 9.59 Å². The smallest absolute Gasteiger partial charge is 0.416 e. The fraction of sp³-hybridized carbons (Fsp3) is 0.500. The van der Waals surface area contributed by atoms with Crippen LogP contribution in [0.1, 0.15) is 31.9 Å². The Morgan fingerprint density at radius 2 is 1.84 bits per heavy atom. The Morgan fingerprint density at radius 1 is 1.24 bits per heavy atom. The zero-order valence-corrected chi connectivity index (χ0v) is 14.2. The molecule has 0 radical (unpaired) electrons. The van der Waals surface area contributed by atoms with E-state index in [1.54, 1.807) is 20.8 Å². The van der Waals surface area contributed by atoms with Crippen LogP contribution in [0.25, 0.3) is 0 Å². The summed E-state index contributed by atoms with van der Waals surface area (Å²) in [5, 5.41) is 11.3. The number of alkyl halides is 3. The summed E-state index contributed by atoms with van der Waals surface area (Å²) in [7, 11) is 1.22. The monoisotopic (exact) mass is 363 g/mol. The van der Waals surface area contributed by atoms with Gasteiger partial charge < -0.3 is 19.9 Å². The van der Waals surface area contributed by atoms with Crippen molar-refractivity contribution in [2.24, 2.45) is 0 Å². The van der Waals surface area contributed by atoms with E-state index in [1.165, 1.54) is 13.2 Å². The lowest BCUT2D eigenvalue weighted by molar-refractivity contribution is -0.141. The Labute approximate surface area is 142 Å². The molecular formula is C16H20F3NO5. The molecule has 1 aromatic carbocycles. The van der Waals surface area contributed by atoms with Crippen LogP contribution in [0.15, 0.2) is 18.2 Å². The van der Waals surface area contributed by atoms with Gasteiger partial charge in [0, 0.05) is 6.42 Å². The maximum Gasteiger partial charge on any atom is 0.416 e. The highest BCUT2D eigenvalue weighted by Gasteiger charge is 2.35. The highest BCUT2D eigenvalue weighted by atomic mass is 19.4. The second-order valence-electron chi connectivity index (χ2n) is 6.26. The Bertz CT molecular complexity index is 638. The molecule has 140 valence electrons. The quantitative estimate of drug-likeness (QED) is 0.839. The number of hydrogen-bond donors (Lipinski definition) is 2. The van der Waals surface area contributed by atoms with Gasteiger partial charge in [-0.3, -0.25) is 0 Å². The molecule has 0 fully saturated rings. The lowest BCUT2D eigenvalue weighted by Crippen LogP contribution is -2.44. The van der Waals surface area contributed by atoms with E-state index < -0.39 is 41.9 Å². The summed E-state index contributed by atoms with van der Waals surface area (Å²) in [6.45, 7) is 4.73. The average molecular weight is 363 g/mol. The first kappa shape index (κ1) is 20.6. The van der Waals surface area contributed by atoms with Crippen molar-refractivity contribution in [2.45, 2.75) is 45.0 Å². The molecule has 0 spiro atoms. The molecular weight excluding hydrogens is 343 g/mol. The molecule has 1 unspecified atom stereocenters. The summed E-state index contributed by atoms with van der Waals surface area (Å²) in [6.07, 6.45) is -6.28. The van der Waals surface area contributed by atoms with Crippen molar-refractivity contribution in [2.75, 3.05) is 7.11 Å². The van der Waals surface area contributed by atoms with E-state index in [0.717, 1.165) is 12.1 Å². The molecule has 0 saturated carbocycles. The van der Waals surface area contributed by atoms with Gasteiger partial charge in [0.2, 0.25) is 0 Å². The zero-order valence-electron chi connectivity index (χ0n) is 14.2. The third kappa shape index (κ3) is 6.52. The number of amides is 1. The van der Waals surface area contributed by atoms with Crippen LogP contribution >= 0.6 is 0 Å². The Kier molecular flexibility index (Phi) is 6.28. The van der Waals surface area contributed by atoms with Gasteiger partial charge in [0.05, 0.1) is 12.7 Å². The van der Waals surface area contributed by atoms with E-state index in [4.69, 9.17) is 9.47 Å². The second-order valence-corrected chi connectivity index (χ2v) is 6.26. The highest BCUT2D eigenvalue weighted by molar-refractivity contribution is 5.80. The average Bonchev–Trinajstić information content (AvgIpc) is 2.43. The minimum Gasteiger partial charge on any atom is -0.497 e. The van der Waals surface area contributed by atoms with Crippen LogP contribution in [0.3, 0.4) is 0 Å². The molecule has 0 bridgehead atoms. The van der Waals surface area contributed by atoms with E-state index in [1.807, 2.05) is 0 Å². The van der Waals surface area contributed by atoms with E-state index in [-0.39, 0.29) is 11.3 Å². The van der Waals surface area contributed by atoms with Crippen LogP contribution in [0.5, 0.6) is 5.75 Å². The van der Waals surface area contributed by atoms with E-state index in [2.05, 4.69) is 5.32 Å². The molecule has 1 atom stereocenters. The number of aliphatic carboxylic acids is 1. The first-order valence-corrected chi connectivity index (χ1v) is 7.30. The number of benzene rings is 1. The van der Waals surface area contributed by atoms with E-state index in [0.29, 0.717) is 0 Å². The van der Waals surface area contributed by atoms with Crippen LogP contribution in [0.2, 0.25) is 0 Å². The molecule has 0 heterocycles. The third-order valence-corrected chi connectivity index (χ3v) is 3.04. The second kappa shape index (κ2) is 7.62. The Balaban J connectivity index is 3.06. The molecule has 6 nitrogen and oxygen atoms in total. The van der Waals surface area contributed by atoms with Crippen LogP contribution in [-0.2, 0) is 22.1 Å².